The number of hydrogen-bond donors (Lipinski definition) is 0. The molecule has 0 N–H and O–H groups in total. The maximum Gasteiger partial charge on any atom is 0.393 e. The fraction of sp³-hybridized carbons (Fsp3) is 0.292. The molecule has 0 saturated heterocycles. The molecule has 8 heteroatoms. The molecule has 0 aliphatic carbocycles. The third kappa shape index (κ3) is 6.29. The SMILES string of the molecule is COc1ccc(CN(Cc2ccc(OC)cc2)c2cc(C)c(CC(F)(F)F)c(Cl)n2)cc1. The highest BCUT2D eigenvalue weighted by atomic mass is 35.5. The van der Waals surface area contributed by atoms with Gasteiger partial charge in [0.2, 0.25) is 0 Å². The molecule has 3 aromatic rings. The van der Waals surface area contributed by atoms with Crippen molar-refractivity contribution in [3.05, 3.63) is 82.0 Å². The van der Waals surface area contributed by atoms with Crippen LogP contribution in [0.3, 0.4) is 0 Å². The number of pyridine rings is 1. The summed E-state index contributed by atoms with van der Waals surface area (Å²) in [5, 5.41) is -0.133. The van der Waals surface area contributed by atoms with Crippen molar-refractivity contribution in [1.82, 2.24) is 4.98 Å². The molecule has 2 aromatic carbocycles. The van der Waals surface area contributed by atoms with Crippen LogP contribution in [0, 0.1) is 6.92 Å². The zero-order valence-corrected chi connectivity index (χ0v) is 18.8. The van der Waals surface area contributed by atoms with Crippen molar-refractivity contribution in [1.29, 1.82) is 0 Å². The zero-order valence-electron chi connectivity index (χ0n) is 18.0. The molecule has 0 unspecified atom stereocenters. The van der Waals surface area contributed by atoms with E-state index >= 15 is 0 Å². The van der Waals surface area contributed by atoms with Gasteiger partial charge >= 0.3 is 6.18 Å². The number of alkyl halides is 3. The molecule has 32 heavy (non-hydrogen) atoms. The zero-order chi connectivity index (χ0) is 23.3. The van der Waals surface area contributed by atoms with E-state index in [2.05, 4.69) is 4.98 Å². The predicted molar refractivity (Wildman–Crippen MR) is 120 cm³/mol. The van der Waals surface area contributed by atoms with Gasteiger partial charge in [-0.25, -0.2) is 4.98 Å². The van der Waals surface area contributed by atoms with Crippen LogP contribution in [0.15, 0.2) is 54.6 Å². The summed E-state index contributed by atoms with van der Waals surface area (Å²) < 4.78 is 49.3. The first-order chi connectivity index (χ1) is 15.2. The van der Waals surface area contributed by atoms with E-state index in [-0.39, 0.29) is 10.7 Å². The topological polar surface area (TPSA) is 34.6 Å². The van der Waals surface area contributed by atoms with Gasteiger partial charge in [-0.05, 0) is 53.9 Å². The van der Waals surface area contributed by atoms with Gasteiger partial charge in [0.15, 0.2) is 0 Å². The predicted octanol–water partition coefficient (Wildman–Crippen LogP) is 6.37. The van der Waals surface area contributed by atoms with Gasteiger partial charge < -0.3 is 14.4 Å². The summed E-state index contributed by atoms with van der Waals surface area (Å²) >= 11 is 6.20. The van der Waals surface area contributed by atoms with Crippen LogP contribution in [0.4, 0.5) is 19.0 Å². The van der Waals surface area contributed by atoms with Crippen molar-refractivity contribution in [2.45, 2.75) is 32.6 Å². The maximum absolute atomic E-state index is 12.9. The molecule has 0 saturated carbocycles. The first-order valence-electron chi connectivity index (χ1n) is 9.92. The second-order valence-corrected chi connectivity index (χ2v) is 7.77. The Morgan fingerprint density at radius 3 is 1.72 bits per heavy atom. The Bertz CT molecular complexity index is 966. The Balaban J connectivity index is 1.94. The first-order valence-corrected chi connectivity index (χ1v) is 10.3. The van der Waals surface area contributed by atoms with Crippen molar-refractivity contribution < 1.29 is 22.6 Å². The van der Waals surface area contributed by atoms with Crippen molar-refractivity contribution in [3.8, 4) is 11.5 Å². The summed E-state index contributed by atoms with van der Waals surface area (Å²) in [5.74, 6) is 1.98. The van der Waals surface area contributed by atoms with Gasteiger partial charge in [-0.2, -0.15) is 13.2 Å². The number of hydrogen-bond acceptors (Lipinski definition) is 4. The molecule has 1 heterocycles. The van der Waals surface area contributed by atoms with Crippen LogP contribution in [0.25, 0.3) is 0 Å². The van der Waals surface area contributed by atoms with E-state index in [0.29, 0.717) is 24.5 Å². The number of aryl methyl sites for hydroxylation is 1. The van der Waals surface area contributed by atoms with E-state index in [1.807, 2.05) is 53.4 Å². The Morgan fingerprint density at radius 1 is 0.875 bits per heavy atom. The highest BCUT2D eigenvalue weighted by Gasteiger charge is 2.30. The third-order valence-corrected chi connectivity index (χ3v) is 5.36. The van der Waals surface area contributed by atoms with Gasteiger partial charge in [0, 0.05) is 18.7 Å². The average Bonchev–Trinajstić information content (AvgIpc) is 2.76. The number of halogens is 4. The molecule has 0 bridgehead atoms. The molecule has 0 spiro atoms. The molecule has 0 amide bonds. The fourth-order valence-electron chi connectivity index (χ4n) is 3.34. The average molecular weight is 465 g/mol. The second-order valence-electron chi connectivity index (χ2n) is 7.41. The maximum atomic E-state index is 12.9. The summed E-state index contributed by atoms with van der Waals surface area (Å²) in [6.07, 6.45) is -5.47. The van der Waals surface area contributed by atoms with Gasteiger partial charge in [-0.15, -0.1) is 0 Å². The van der Waals surface area contributed by atoms with Crippen molar-refractivity contribution in [2.24, 2.45) is 0 Å². The minimum atomic E-state index is -4.36. The van der Waals surface area contributed by atoms with E-state index < -0.39 is 12.6 Å². The van der Waals surface area contributed by atoms with Crippen LogP contribution in [0.2, 0.25) is 5.15 Å². The standard InChI is InChI=1S/C24H24ClF3N2O2/c1-16-12-22(29-23(25)21(16)13-24(26,27)28)30(14-17-4-8-19(31-2)9-5-17)15-18-6-10-20(32-3)11-7-18/h4-12H,13-15H2,1-3H3. The minimum absolute atomic E-state index is 0.00300. The Hall–Kier alpha value is -2.93. The lowest BCUT2D eigenvalue weighted by Crippen LogP contribution is -2.24. The third-order valence-electron chi connectivity index (χ3n) is 5.05. The summed E-state index contributed by atoms with van der Waals surface area (Å²) in [7, 11) is 3.20. The number of rotatable bonds is 8. The molecular weight excluding hydrogens is 441 g/mol. The molecular formula is C24H24ClF3N2O2. The Kier molecular flexibility index (Phi) is 7.51. The van der Waals surface area contributed by atoms with Gasteiger partial charge in [0.25, 0.3) is 0 Å². The van der Waals surface area contributed by atoms with E-state index in [1.165, 1.54) is 0 Å². The van der Waals surface area contributed by atoms with Gasteiger partial charge in [0.05, 0.1) is 20.6 Å². The van der Waals surface area contributed by atoms with E-state index in [1.54, 1.807) is 27.2 Å². The largest absolute Gasteiger partial charge is 0.497 e. The number of benzene rings is 2. The quantitative estimate of drug-likeness (QED) is 0.363. The summed E-state index contributed by atoms with van der Waals surface area (Å²) in [4.78, 5) is 6.29. The highest BCUT2D eigenvalue weighted by Crippen LogP contribution is 2.31. The van der Waals surface area contributed by atoms with E-state index in [0.717, 1.165) is 22.6 Å². The molecule has 3 rings (SSSR count). The minimum Gasteiger partial charge on any atom is -0.497 e. The van der Waals surface area contributed by atoms with Crippen LogP contribution >= 0.6 is 11.6 Å². The van der Waals surface area contributed by atoms with Crippen LogP contribution in [0.1, 0.15) is 22.3 Å². The molecule has 1 aromatic heterocycles. The molecule has 0 aliphatic rings. The van der Waals surface area contributed by atoms with Crippen LogP contribution < -0.4 is 14.4 Å². The summed E-state index contributed by atoms with van der Waals surface area (Å²) in [5.41, 5.74) is 2.44. The molecule has 0 fully saturated rings. The molecule has 0 aliphatic heterocycles. The van der Waals surface area contributed by atoms with Crippen molar-refractivity contribution >= 4 is 17.4 Å². The number of methoxy groups -OCH3 is 2. The summed E-state index contributed by atoms with van der Waals surface area (Å²) in [6, 6.07) is 16.8. The monoisotopic (exact) mass is 464 g/mol. The molecule has 0 radical (unpaired) electrons. The number of ether oxygens (including phenoxy) is 2. The lowest BCUT2D eigenvalue weighted by molar-refractivity contribution is -0.127. The Morgan fingerprint density at radius 2 is 1.34 bits per heavy atom. The van der Waals surface area contributed by atoms with E-state index in [4.69, 9.17) is 21.1 Å². The second kappa shape index (κ2) is 10.1. The molecule has 4 nitrogen and oxygen atoms in total. The van der Waals surface area contributed by atoms with Gasteiger partial charge in [0.1, 0.15) is 22.5 Å². The summed E-state index contributed by atoms with van der Waals surface area (Å²) in [6.45, 7) is 2.59. The molecule has 170 valence electrons. The van der Waals surface area contributed by atoms with Crippen LogP contribution in [-0.4, -0.2) is 25.4 Å². The smallest absolute Gasteiger partial charge is 0.393 e. The highest BCUT2D eigenvalue weighted by molar-refractivity contribution is 6.30. The first kappa shape index (κ1) is 23.7. The van der Waals surface area contributed by atoms with E-state index in [9.17, 15) is 13.2 Å². The molecule has 0 atom stereocenters. The van der Waals surface area contributed by atoms with Crippen LogP contribution in [-0.2, 0) is 19.5 Å². The lowest BCUT2D eigenvalue weighted by atomic mass is 10.1. The Labute approximate surface area is 190 Å². The van der Waals surface area contributed by atoms with Crippen LogP contribution in [0.5, 0.6) is 11.5 Å². The van der Waals surface area contributed by atoms with Crippen molar-refractivity contribution in [3.63, 3.8) is 0 Å². The lowest BCUT2D eigenvalue weighted by Gasteiger charge is -2.26. The number of anilines is 1. The fourth-order valence-corrected chi connectivity index (χ4v) is 3.64. The van der Waals surface area contributed by atoms with Crippen molar-refractivity contribution in [2.75, 3.05) is 19.1 Å². The van der Waals surface area contributed by atoms with Gasteiger partial charge in [-0.3, -0.25) is 0 Å². The number of aromatic nitrogens is 1. The number of nitrogens with zero attached hydrogens (tertiary/aromatic N) is 2. The normalized spacial score (nSPS) is 11.3. The van der Waals surface area contributed by atoms with Gasteiger partial charge in [-0.1, -0.05) is 35.9 Å².